The average molecular weight is 392 g/mol. The summed E-state index contributed by atoms with van der Waals surface area (Å²) in [5.41, 5.74) is 0.808. The molecule has 2 rings (SSSR count). The van der Waals surface area contributed by atoms with Crippen molar-refractivity contribution in [2.24, 2.45) is 5.92 Å². The first-order chi connectivity index (χ1) is 11.1. The van der Waals surface area contributed by atoms with E-state index in [1.54, 1.807) is 0 Å². The third-order valence-electron chi connectivity index (χ3n) is 4.16. The monoisotopic (exact) mass is 391 g/mol. The molecule has 1 fully saturated rings. The number of benzene rings is 1. The van der Waals surface area contributed by atoms with E-state index in [1.807, 2.05) is 38.4 Å². The second-order valence-electron chi connectivity index (χ2n) is 6.46. The smallest absolute Gasteiger partial charge is 0.224 e. The minimum Gasteiger partial charge on any atom is -0.492 e. The highest BCUT2D eigenvalue weighted by molar-refractivity contribution is 5.90. The molecule has 1 aliphatic rings. The molecule has 1 aromatic rings. The molecule has 0 aromatic heterocycles. The van der Waals surface area contributed by atoms with Gasteiger partial charge in [0.15, 0.2) is 0 Å². The van der Waals surface area contributed by atoms with E-state index in [0.717, 1.165) is 37.5 Å². The Kier molecular flexibility index (Phi) is 12.7. The summed E-state index contributed by atoms with van der Waals surface area (Å²) in [6.07, 6.45) is 3.94. The second kappa shape index (κ2) is 13.2. The maximum Gasteiger partial charge on any atom is 0.224 e. The number of anilines is 1. The SMILES string of the molecule is CN(C)CCOc1cccc(NC(=O)CCC2CCNCC2)c1.Cl.Cl. The van der Waals surface area contributed by atoms with Crippen molar-refractivity contribution in [1.82, 2.24) is 10.2 Å². The van der Waals surface area contributed by atoms with E-state index in [4.69, 9.17) is 4.74 Å². The Morgan fingerprint density at radius 2 is 2.00 bits per heavy atom. The minimum atomic E-state index is 0. The first kappa shape index (κ1) is 24.0. The molecule has 1 aromatic carbocycles. The zero-order valence-corrected chi connectivity index (χ0v) is 16.8. The maximum atomic E-state index is 12.1. The van der Waals surface area contributed by atoms with Crippen molar-refractivity contribution in [1.29, 1.82) is 0 Å². The van der Waals surface area contributed by atoms with Gasteiger partial charge in [0.2, 0.25) is 5.91 Å². The predicted molar refractivity (Wildman–Crippen MR) is 108 cm³/mol. The topological polar surface area (TPSA) is 53.6 Å². The molecule has 1 amide bonds. The highest BCUT2D eigenvalue weighted by Gasteiger charge is 2.14. The fraction of sp³-hybridized carbons (Fsp3) is 0.611. The number of hydrogen-bond acceptors (Lipinski definition) is 4. The van der Waals surface area contributed by atoms with Crippen molar-refractivity contribution in [2.45, 2.75) is 25.7 Å². The van der Waals surface area contributed by atoms with Gasteiger partial charge >= 0.3 is 0 Å². The van der Waals surface area contributed by atoms with Crippen LogP contribution in [0.5, 0.6) is 5.75 Å². The number of ether oxygens (including phenoxy) is 1. The number of hydrogen-bond donors (Lipinski definition) is 2. The fourth-order valence-corrected chi connectivity index (χ4v) is 2.74. The van der Waals surface area contributed by atoms with Gasteiger partial charge in [0.1, 0.15) is 12.4 Å². The molecule has 25 heavy (non-hydrogen) atoms. The van der Waals surface area contributed by atoms with Crippen LogP contribution in [0.3, 0.4) is 0 Å². The summed E-state index contributed by atoms with van der Waals surface area (Å²) in [6.45, 7) is 3.67. The van der Waals surface area contributed by atoms with Gasteiger partial charge in [-0.2, -0.15) is 0 Å². The molecule has 0 spiro atoms. The molecular formula is C18H31Cl2N3O2. The van der Waals surface area contributed by atoms with Gasteiger partial charge in [-0.25, -0.2) is 0 Å². The second-order valence-corrected chi connectivity index (χ2v) is 6.46. The van der Waals surface area contributed by atoms with E-state index in [9.17, 15) is 4.79 Å². The maximum absolute atomic E-state index is 12.1. The normalized spacial score (nSPS) is 14.4. The van der Waals surface area contributed by atoms with E-state index >= 15 is 0 Å². The van der Waals surface area contributed by atoms with Gasteiger partial charge in [-0.1, -0.05) is 6.07 Å². The molecule has 144 valence electrons. The zero-order valence-electron chi connectivity index (χ0n) is 15.1. The van der Waals surface area contributed by atoms with Gasteiger partial charge in [0, 0.05) is 24.7 Å². The van der Waals surface area contributed by atoms with Crippen LogP contribution in [0, 0.1) is 5.92 Å². The van der Waals surface area contributed by atoms with Crippen LogP contribution >= 0.6 is 24.8 Å². The highest BCUT2D eigenvalue weighted by Crippen LogP contribution is 2.20. The number of nitrogens with zero attached hydrogens (tertiary/aromatic N) is 1. The Balaban J connectivity index is 0.00000288. The number of nitrogens with one attached hydrogen (secondary N) is 2. The van der Waals surface area contributed by atoms with Crippen molar-refractivity contribution in [3.05, 3.63) is 24.3 Å². The number of carbonyl (C=O) groups excluding carboxylic acids is 1. The fourth-order valence-electron chi connectivity index (χ4n) is 2.74. The Morgan fingerprint density at radius 1 is 1.28 bits per heavy atom. The number of likely N-dealkylation sites (N-methyl/N-ethyl adjacent to an activating group) is 1. The first-order valence-corrected chi connectivity index (χ1v) is 8.51. The minimum absolute atomic E-state index is 0. The molecule has 7 heteroatoms. The lowest BCUT2D eigenvalue weighted by molar-refractivity contribution is -0.116. The summed E-state index contributed by atoms with van der Waals surface area (Å²) in [6, 6.07) is 7.62. The Morgan fingerprint density at radius 3 is 2.68 bits per heavy atom. The summed E-state index contributed by atoms with van der Waals surface area (Å²) in [4.78, 5) is 14.2. The van der Waals surface area contributed by atoms with E-state index in [1.165, 1.54) is 12.8 Å². The van der Waals surface area contributed by atoms with Crippen LogP contribution in [0.25, 0.3) is 0 Å². The van der Waals surface area contributed by atoms with Gasteiger partial charge in [-0.15, -0.1) is 24.8 Å². The number of amides is 1. The third kappa shape index (κ3) is 9.90. The van der Waals surface area contributed by atoms with Crippen molar-refractivity contribution in [2.75, 3.05) is 45.7 Å². The molecule has 1 heterocycles. The molecular weight excluding hydrogens is 361 g/mol. The van der Waals surface area contributed by atoms with Crippen molar-refractivity contribution >= 4 is 36.4 Å². The molecule has 0 atom stereocenters. The number of carbonyl (C=O) groups is 1. The van der Waals surface area contributed by atoms with Crippen molar-refractivity contribution in [3.63, 3.8) is 0 Å². The molecule has 0 aliphatic carbocycles. The molecule has 0 bridgehead atoms. The van der Waals surface area contributed by atoms with Crippen LogP contribution in [0.15, 0.2) is 24.3 Å². The Labute approximate surface area is 163 Å². The summed E-state index contributed by atoms with van der Waals surface area (Å²) in [5.74, 6) is 1.57. The van der Waals surface area contributed by atoms with Crippen molar-refractivity contribution < 1.29 is 9.53 Å². The summed E-state index contributed by atoms with van der Waals surface area (Å²) in [5, 5.41) is 6.33. The molecule has 5 nitrogen and oxygen atoms in total. The lowest BCUT2D eigenvalue weighted by atomic mass is 9.93. The van der Waals surface area contributed by atoms with Crippen molar-refractivity contribution in [3.8, 4) is 5.75 Å². The van der Waals surface area contributed by atoms with E-state index in [0.29, 0.717) is 18.9 Å². The number of piperidine rings is 1. The van der Waals surface area contributed by atoms with Crippen LogP contribution in [0.1, 0.15) is 25.7 Å². The Bertz CT molecular complexity index is 495. The summed E-state index contributed by atoms with van der Waals surface area (Å²) < 4.78 is 5.69. The zero-order chi connectivity index (χ0) is 16.5. The summed E-state index contributed by atoms with van der Waals surface area (Å²) in [7, 11) is 4.03. The van der Waals surface area contributed by atoms with Gasteiger partial charge in [0.05, 0.1) is 0 Å². The van der Waals surface area contributed by atoms with Crippen LogP contribution < -0.4 is 15.4 Å². The van der Waals surface area contributed by atoms with Gasteiger partial charge in [-0.05, 0) is 64.5 Å². The van der Waals surface area contributed by atoms with Crippen LogP contribution in [-0.4, -0.2) is 51.1 Å². The lowest BCUT2D eigenvalue weighted by Crippen LogP contribution is -2.28. The molecule has 2 N–H and O–H groups in total. The quantitative estimate of drug-likeness (QED) is 0.714. The van der Waals surface area contributed by atoms with E-state index < -0.39 is 0 Å². The molecule has 1 aliphatic heterocycles. The summed E-state index contributed by atoms with van der Waals surface area (Å²) >= 11 is 0. The molecule has 0 unspecified atom stereocenters. The van der Waals surface area contributed by atoms with Crippen LogP contribution in [0.2, 0.25) is 0 Å². The first-order valence-electron chi connectivity index (χ1n) is 8.51. The van der Waals surface area contributed by atoms with E-state index in [-0.39, 0.29) is 30.7 Å². The predicted octanol–water partition coefficient (Wildman–Crippen LogP) is 3.19. The number of rotatable bonds is 8. The van der Waals surface area contributed by atoms with Gasteiger partial charge in [0.25, 0.3) is 0 Å². The molecule has 0 radical (unpaired) electrons. The standard InChI is InChI=1S/C18H29N3O2.2ClH/c1-21(2)12-13-23-17-5-3-4-16(14-17)20-18(22)7-6-15-8-10-19-11-9-15;;/h3-5,14-15,19H,6-13H2,1-2H3,(H,20,22);2*1H. The number of halogens is 2. The lowest BCUT2D eigenvalue weighted by Gasteiger charge is -2.22. The third-order valence-corrected chi connectivity index (χ3v) is 4.16. The van der Waals surface area contributed by atoms with Gasteiger partial charge in [-0.3, -0.25) is 4.79 Å². The van der Waals surface area contributed by atoms with Gasteiger partial charge < -0.3 is 20.3 Å². The Hall–Kier alpha value is -1.01. The average Bonchev–Trinajstić information content (AvgIpc) is 2.54. The largest absolute Gasteiger partial charge is 0.492 e. The van der Waals surface area contributed by atoms with E-state index in [2.05, 4.69) is 15.5 Å². The molecule has 1 saturated heterocycles. The molecule has 0 saturated carbocycles. The highest BCUT2D eigenvalue weighted by atomic mass is 35.5. The van der Waals surface area contributed by atoms with Crippen LogP contribution in [0.4, 0.5) is 5.69 Å². The van der Waals surface area contributed by atoms with Crippen LogP contribution in [-0.2, 0) is 4.79 Å².